The number of hydrogen-bond acceptors (Lipinski definition) is 3. The Kier molecular flexibility index (Phi) is 4.71. The number of nitrogens with one attached hydrogen (secondary N) is 1. The zero-order valence-electron chi connectivity index (χ0n) is 13.6. The van der Waals surface area contributed by atoms with Gasteiger partial charge in [0.25, 0.3) is 0 Å². The molecule has 3 N–H and O–H groups in total. The summed E-state index contributed by atoms with van der Waals surface area (Å²) in [6.45, 7) is 2.56. The molecular weight excluding hydrogens is 313 g/mol. The minimum Gasteiger partial charge on any atom is -0.367 e. The molecule has 1 heterocycles. The molecule has 1 aliphatic heterocycles. The third-order valence-electron chi connectivity index (χ3n) is 4.58. The number of nitrogens with two attached hydrogens (primary N) is 1. The number of benzene rings is 1. The van der Waals surface area contributed by atoms with Gasteiger partial charge in [-0.05, 0) is 42.9 Å². The van der Waals surface area contributed by atoms with Crippen LogP contribution in [0.2, 0.25) is 0 Å². The van der Waals surface area contributed by atoms with Gasteiger partial charge in [-0.15, -0.1) is 0 Å². The molecular formula is C17H22FN3O3. The number of hydrogen-bond donors (Lipinski definition) is 2. The van der Waals surface area contributed by atoms with Crippen LogP contribution in [0.25, 0.3) is 0 Å². The summed E-state index contributed by atoms with van der Waals surface area (Å²) in [6.07, 6.45) is 1.31. The molecule has 1 saturated heterocycles. The summed E-state index contributed by atoms with van der Waals surface area (Å²) in [5.41, 5.74) is 6.72. The van der Waals surface area contributed by atoms with Gasteiger partial charge in [0.1, 0.15) is 5.82 Å². The molecule has 6 nitrogen and oxygen atoms in total. The van der Waals surface area contributed by atoms with Crippen LogP contribution >= 0.6 is 0 Å². The lowest BCUT2D eigenvalue weighted by Gasteiger charge is -2.33. The number of nitrogens with zero attached hydrogens (tertiary/aromatic N) is 1. The van der Waals surface area contributed by atoms with E-state index in [1.165, 1.54) is 6.07 Å². The first-order valence-electron chi connectivity index (χ1n) is 8.18. The molecule has 2 unspecified atom stereocenters. The van der Waals surface area contributed by atoms with Gasteiger partial charge in [-0.3, -0.25) is 4.79 Å². The Balaban J connectivity index is 1.70. The highest BCUT2D eigenvalue weighted by Gasteiger charge is 2.36. The maximum absolute atomic E-state index is 13.5. The van der Waals surface area contributed by atoms with E-state index in [1.807, 2.05) is 0 Å². The van der Waals surface area contributed by atoms with Crippen molar-refractivity contribution in [1.82, 2.24) is 10.2 Å². The molecule has 3 rings (SSSR count). The summed E-state index contributed by atoms with van der Waals surface area (Å²) in [5, 5.41) is 3.03. The van der Waals surface area contributed by atoms with E-state index in [0.717, 1.165) is 18.4 Å². The molecule has 1 aromatic carbocycles. The van der Waals surface area contributed by atoms with Crippen molar-refractivity contribution in [2.75, 3.05) is 19.7 Å². The van der Waals surface area contributed by atoms with Gasteiger partial charge in [0.05, 0.1) is 19.2 Å². The maximum atomic E-state index is 13.5. The molecule has 2 aliphatic rings. The Morgan fingerprint density at radius 1 is 1.42 bits per heavy atom. The molecule has 2 fully saturated rings. The Labute approximate surface area is 140 Å². The summed E-state index contributed by atoms with van der Waals surface area (Å²) < 4.78 is 18.8. The van der Waals surface area contributed by atoms with Crippen LogP contribution in [0.3, 0.4) is 0 Å². The van der Waals surface area contributed by atoms with E-state index >= 15 is 0 Å². The van der Waals surface area contributed by atoms with E-state index in [0.29, 0.717) is 18.0 Å². The lowest BCUT2D eigenvalue weighted by Crippen LogP contribution is -2.53. The lowest BCUT2D eigenvalue weighted by molar-refractivity contribution is -0.133. The highest BCUT2D eigenvalue weighted by molar-refractivity contribution is 5.81. The Morgan fingerprint density at radius 3 is 2.79 bits per heavy atom. The first-order valence-corrected chi connectivity index (χ1v) is 8.18. The fraction of sp³-hybridized carbons (Fsp3) is 0.529. The van der Waals surface area contributed by atoms with Crippen LogP contribution in [0.5, 0.6) is 0 Å². The first-order chi connectivity index (χ1) is 11.5. The van der Waals surface area contributed by atoms with Crippen LogP contribution in [0.4, 0.5) is 9.18 Å². The molecule has 0 aromatic heterocycles. The van der Waals surface area contributed by atoms with E-state index in [2.05, 4.69) is 5.32 Å². The Hall–Kier alpha value is -2.15. The van der Waals surface area contributed by atoms with Crippen molar-refractivity contribution in [3.05, 3.63) is 35.1 Å². The zero-order chi connectivity index (χ0) is 17.3. The molecule has 130 valence electrons. The predicted molar refractivity (Wildman–Crippen MR) is 85.6 cm³/mol. The minimum atomic E-state index is -0.767. The summed E-state index contributed by atoms with van der Waals surface area (Å²) >= 11 is 0. The molecule has 1 saturated carbocycles. The van der Waals surface area contributed by atoms with Crippen molar-refractivity contribution in [1.29, 1.82) is 0 Å². The average Bonchev–Trinajstić information content (AvgIpc) is 3.40. The summed E-state index contributed by atoms with van der Waals surface area (Å²) in [7, 11) is 0. The Bertz CT molecular complexity index is 648. The average molecular weight is 335 g/mol. The molecule has 0 bridgehead atoms. The van der Waals surface area contributed by atoms with Gasteiger partial charge in [-0.2, -0.15) is 0 Å². The van der Waals surface area contributed by atoms with Crippen molar-refractivity contribution >= 4 is 11.9 Å². The van der Waals surface area contributed by atoms with Gasteiger partial charge in [0.2, 0.25) is 5.91 Å². The highest BCUT2D eigenvalue weighted by atomic mass is 19.1. The van der Waals surface area contributed by atoms with Crippen LogP contribution in [-0.2, 0) is 9.53 Å². The smallest absolute Gasteiger partial charge is 0.318 e. The number of morpholine rings is 1. The largest absolute Gasteiger partial charge is 0.367 e. The Morgan fingerprint density at radius 2 is 2.17 bits per heavy atom. The molecule has 1 aromatic rings. The van der Waals surface area contributed by atoms with Crippen molar-refractivity contribution in [3.63, 3.8) is 0 Å². The predicted octanol–water partition coefficient (Wildman–Crippen LogP) is 1.48. The van der Waals surface area contributed by atoms with Crippen molar-refractivity contribution in [3.8, 4) is 0 Å². The van der Waals surface area contributed by atoms with Gasteiger partial charge in [0.15, 0.2) is 6.10 Å². The third-order valence-corrected chi connectivity index (χ3v) is 4.58. The second-order valence-corrected chi connectivity index (χ2v) is 6.48. The number of amides is 3. The molecule has 0 spiro atoms. The number of carbonyl (C=O) groups is 2. The lowest BCUT2D eigenvalue weighted by atomic mass is 10.0. The number of urea groups is 1. The van der Waals surface area contributed by atoms with E-state index < -0.39 is 12.0 Å². The van der Waals surface area contributed by atoms with E-state index in [-0.39, 0.29) is 31.0 Å². The number of rotatable bonds is 4. The second-order valence-electron chi connectivity index (χ2n) is 6.48. The van der Waals surface area contributed by atoms with Gasteiger partial charge in [0, 0.05) is 6.54 Å². The maximum Gasteiger partial charge on any atom is 0.318 e. The van der Waals surface area contributed by atoms with Gasteiger partial charge >= 0.3 is 6.03 Å². The topological polar surface area (TPSA) is 84.7 Å². The summed E-state index contributed by atoms with van der Waals surface area (Å²) in [4.78, 5) is 25.4. The summed E-state index contributed by atoms with van der Waals surface area (Å²) in [5.74, 6) is -0.454. The number of carbonyl (C=O) groups excluding carboxylic acids is 2. The van der Waals surface area contributed by atoms with E-state index in [4.69, 9.17) is 10.5 Å². The van der Waals surface area contributed by atoms with E-state index in [1.54, 1.807) is 24.0 Å². The van der Waals surface area contributed by atoms with Gasteiger partial charge in [-0.1, -0.05) is 12.1 Å². The normalized spacial score (nSPS) is 22.1. The first kappa shape index (κ1) is 16.7. The number of primary amides is 1. The van der Waals surface area contributed by atoms with Crippen LogP contribution < -0.4 is 11.1 Å². The fourth-order valence-corrected chi connectivity index (χ4v) is 2.99. The second kappa shape index (κ2) is 6.76. The minimum absolute atomic E-state index is 0.147. The fourth-order valence-electron chi connectivity index (χ4n) is 2.99. The third kappa shape index (κ3) is 3.67. The number of aryl methyl sites for hydroxylation is 1. The monoisotopic (exact) mass is 335 g/mol. The van der Waals surface area contributed by atoms with Gasteiger partial charge in [-0.25, -0.2) is 9.18 Å². The van der Waals surface area contributed by atoms with Crippen molar-refractivity contribution in [2.45, 2.75) is 31.9 Å². The molecule has 2 atom stereocenters. The number of halogens is 1. The van der Waals surface area contributed by atoms with Crippen LogP contribution in [0.1, 0.15) is 30.0 Å². The van der Waals surface area contributed by atoms with Crippen LogP contribution in [0, 0.1) is 18.7 Å². The molecule has 3 amide bonds. The molecule has 24 heavy (non-hydrogen) atoms. The van der Waals surface area contributed by atoms with Crippen molar-refractivity contribution < 1.29 is 18.7 Å². The zero-order valence-corrected chi connectivity index (χ0v) is 13.6. The molecule has 1 aliphatic carbocycles. The van der Waals surface area contributed by atoms with Crippen LogP contribution in [0.15, 0.2) is 18.2 Å². The van der Waals surface area contributed by atoms with Gasteiger partial charge < -0.3 is 20.7 Å². The standard InChI is InChI=1S/C17H22FN3O3/c1-10-8-12(4-5-13(10)18)15(11-2-3-11)20-17(23)21-6-7-24-14(9-21)16(19)22/h4-5,8,11,14-15H,2-3,6-7,9H2,1H3,(H2,19,22)(H,20,23). The quantitative estimate of drug-likeness (QED) is 0.874. The number of ether oxygens (including phenoxy) is 1. The van der Waals surface area contributed by atoms with E-state index in [9.17, 15) is 14.0 Å². The highest BCUT2D eigenvalue weighted by Crippen LogP contribution is 2.41. The molecule has 7 heteroatoms. The SMILES string of the molecule is Cc1cc(C(NC(=O)N2CCOC(C(N)=O)C2)C2CC2)ccc1F. The van der Waals surface area contributed by atoms with Crippen molar-refractivity contribution in [2.24, 2.45) is 11.7 Å². The van der Waals surface area contributed by atoms with Crippen LogP contribution in [-0.4, -0.2) is 42.6 Å². The summed E-state index contributed by atoms with van der Waals surface area (Å²) in [6, 6.07) is 4.54. The molecule has 0 radical (unpaired) electrons.